The Bertz CT molecular complexity index is 713. The number of rotatable bonds is 6. The SMILES string of the molecule is Cc1ccc(NC(=O)C2CCCN(C(=O)CNC(=O)CC3CCCCC3)C2)nc1. The van der Waals surface area contributed by atoms with E-state index >= 15 is 0 Å². The normalized spacial score (nSPS) is 20.2. The summed E-state index contributed by atoms with van der Waals surface area (Å²) in [7, 11) is 0. The topological polar surface area (TPSA) is 91.4 Å². The van der Waals surface area contributed by atoms with Gasteiger partial charge in [-0.2, -0.15) is 0 Å². The molecule has 0 aromatic carbocycles. The molecule has 0 radical (unpaired) electrons. The fraction of sp³-hybridized carbons (Fsp3) is 0.636. The molecule has 158 valence electrons. The summed E-state index contributed by atoms with van der Waals surface area (Å²) in [5.41, 5.74) is 1.03. The van der Waals surface area contributed by atoms with Gasteiger partial charge in [-0.3, -0.25) is 14.4 Å². The third kappa shape index (κ3) is 6.54. The second kappa shape index (κ2) is 10.4. The molecule has 7 heteroatoms. The largest absolute Gasteiger partial charge is 0.347 e. The molecule has 3 rings (SSSR count). The van der Waals surface area contributed by atoms with Gasteiger partial charge in [-0.05, 0) is 50.2 Å². The van der Waals surface area contributed by atoms with Crippen LogP contribution in [0.2, 0.25) is 0 Å². The number of anilines is 1. The zero-order valence-electron chi connectivity index (χ0n) is 17.3. The number of aryl methyl sites for hydroxylation is 1. The number of nitrogens with zero attached hydrogens (tertiary/aromatic N) is 2. The molecule has 0 spiro atoms. The van der Waals surface area contributed by atoms with E-state index in [-0.39, 0.29) is 30.2 Å². The van der Waals surface area contributed by atoms with Crippen LogP contribution in [0.4, 0.5) is 5.82 Å². The summed E-state index contributed by atoms with van der Waals surface area (Å²) in [6.07, 6.45) is 9.64. The minimum absolute atomic E-state index is 0.0133. The van der Waals surface area contributed by atoms with Gasteiger partial charge in [0.2, 0.25) is 17.7 Å². The third-order valence-corrected chi connectivity index (χ3v) is 5.94. The van der Waals surface area contributed by atoms with Gasteiger partial charge in [0.05, 0.1) is 12.5 Å². The summed E-state index contributed by atoms with van der Waals surface area (Å²) in [5.74, 6) is 0.459. The summed E-state index contributed by atoms with van der Waals surface area (Å²) in [5, 5.41) is 5.61. The maximum absolute atomic E-state index is 12.5. The third-order valence-electron chi connectivity index (χ3n) is 5.94. The molecule has 1 aromatic heterocycles. The van der Waals surface area contributed by atoms with Crippen LogP contribution in [-0.2, 0) is 14.4 Å². The van der Waals surface area contributed by atoms with Crippen LogP contribution in [0, 0.1) is 18.8 Å². The van der Waals surface area contributed by atoms with Crippen LogP contribution in [0.15, 0.2) is 18.3 Å². The van der Waals surface area contributed by atoms with E-state index < -0.39 is 0 Å². The highest BCUT2D eigenvalue weighted by Gasteiger charge is 2.29. The molecule has 1 aromatic rings. The smallest absolute Gasteiger partial charge is 0.241 e. The first kappa shape index (κ1) is 21.3. The molecular weight excluding hydrogens is 368 g/mol. The summed E-state index contributed by atoms with van der Waals surface area (Å²) in [6.45, 7) is 2.97. The molecule has 1 aliphatic heterocycles. The second-order valence-corrected chi connectivity index (χ2v) is 8.37. The van der Waals surface area contributed by atoms with Gasteiger partial charge in [0.1, 0.15) is 5.82 Å². The predicted octanol–water partition coefficient (Wildman–Crippen LogP) is 2.65. The zero-order chi connectivity index (χ0) is 20.6. The van der Waals surface area contributed by atoms with Crippen molar-refractivity contribution in [3.63, 3.8) is 0 Å². The van der Waals surface area contributed by atoms with Crippen LogP contribution in [-0.4, -0.2) is 47.2 Å². The van der Waals surface area contributed by atoms with Crippen molar-refractivity contribution < 1.29 is 14.4 Å². The summed E-state index contributed by atoms with van der Waals surface area (Å²) in [6, 6.07) is 3.68. The Morgan fingerprint density at radius 1 is 1.10 bits per heavy atom. The van der Waals surface area contributed by atoms with Crippen molar-refractivity contribution in [3.05, 3.63) is 23.9 Å². The average molecular weight is 401 g/mol. The molecule has 1 saturated carbocycles. The number of aromatic nitrogens is 1. The molecule has 1 aliphatic carbocycles. The van der Waals surface area contributed by atoms with Crippen LogP contribution in [0.5, 0.6) is 0 Å². The van der Waals surface area contributed by atoms with Gasteiger partial charge in [-0.25, -0.2) is 4.98 Å². The number of piperidine rings is 1. The van der Waals surface area contributed by atoms with Gasteiger partial charge in [0, 0.05) is 25.7 Å². The van der Waals surface area contributed by atoms with E-state index in [0.29, 0.717) is 31.2 Å². The molecule has 2 aliphatic rings. The van der Waals surface area contributed by atoms with Crippen molar-refractivity contribution in [1.29, 1.82) is 0 Å². The lowest BCUT2D eigenvalue weighted by atomic mass is 9.87. The van der Waals surface area contributed by atoms with E-state index in [1.165, 1.54) is 19.3 Å². The Hall–Kier alpha value is -2.44. The number of pyridine rings is 1. The van der Waals surface area contributed by atoms with Gasteiger partial charge in [0.15, 0.2) is 0 Å². The molecule has 2 heterocycles. The molecule has 3 amide bonds. The van der Waals surface area contributed by atoms with E-state index in [1.54, 1.807) is 17.2 Å². The Labute approximate surface area is 172 Å². The molecule has 1 atom stereocenters. The Balaban J connectivity index is 1.42. The van der Waals surface area contributed by atoms with Crippen LogP contribution < -0.4 is 10.6 Å². The molecule has 2 fully saturated rings. The number of likely N-dealkylation sites (tertiary alicyclic amines) is 1. The van der Waals surface area contributed by atoms with Gasteiger partial charge in [-0.1, -0.05) is 25.3 Å². The second-order valence-electron chi connectivity index (χ2n) is 8.37. The number of carbonyl (C=O) groups excluding carboxylic acids is 3. The van der Waals surface area contributed by atoms with E-state index in [0.717, 1.165) is 31.2 Å². The lowest BCUT2D eigenvalue weighted by Gasteiger charge is -2.32. The Morgan fingerprint density at radius 3 is 2.62 bits per heavy atom. The Kier molecular flexibility index (Phi) is 7.61. The van der Waals surface area contributed by atoms with Crippen molar-refractivity contribution in [1.82, 2.24) is 15.2 Å². The van der Waals surface area contributed by atoms with Crippen LogP contribution >= 0.6 is 0 Å². The quantitative estimate of drug-likeness (QED) is 0.768. The van der Waals surface area contributed by atoms with Gasteiger partial charge in [-0.15, -0.1) is 0 Å². The van der Waals surface area contributed by atoms with Crippen LogP contribution in [0.1, 0.15) is 56.9 Å². The van der Waals surface area contributed by atoms with E-state index in [4.69, 9.17) is 0 Å². The van der Waals surface area contributed by atoms with Crippen molar-refractivity contribution >= 4 is 23.5 Å². The minimum Gasteiger partial charge on any atom is -0.347 e. The van der Waals surface area contributed by atoms with Gasteiger partial charge < -0.3 is 15.5 Å². The fourth-order valence-corrected chi connectivity index (χ4v) is 4.20. The fourth-order valence-electron chi connectivity index (χ4n) is 4.20. The zero-order valence-corrected chi connectivity index (χ0v) is 17.3. The van der Waals surface area contributed by atoms with Gasteiger partial charge >= 0.3 is 0 Å². The van der Waals surface area contributed by atoms with E-state index in [1.807, 2.05) is 13.0 Å². The van der Waals surface area contributed by atoms with Crippen molar-refractivity contribution in [2.45, 2.75) is 58.3 Å². The first-order chi connectivity index (χ1) is 14.0. The number of carbonyl (C=O) groups is 3. The van der Waals surface area contributed by atoms with Crippen LogP contribution in [0.25, 0.3) is 0 Å². The van der Waals surface area contributed by atoms with Gasteiger partial charge in [0.25, 0.3) is 0 Å². The molecule has 29 heavy (non-hydrogen) atoms. The molecule has 1 saturated heterocycles. The average Bonchev–Trinajstić information content (AvgIpc) is 2.74. The maximum Gasteiger partial charge on any atom is 0.241 e. The minimum atomic E-state index is -0.256. The number of hydrogen-bond donors (Lipinski definition) is 2. The standard InChI is InChI=1S/C22H32N4O3/c1-16-9-10-19(23-13-16)25-22(29)18-8-5-11-26(15-18)21(28)14-24-20(27)12-17-6-3-2-4-7-17/h9-10,13,17-18H,2-8,11-12,14-15H2,1H3,(H,24,27)(H,23,25,29). The van der Waals surface area contributed by atoms with Crippen molar-refractivity contribution in [2.75, 3.05) is 25.0 Å². The highest BCUT2D eigenvalue weighted by atomic mass is 16.2. The molecule has 1 unspecified atom stereocenters. The highest BCUT2D eigenvalue weighted by Crippen LogP contribution is 2.26. The molecule has 2 N–H and O–H groups in total. The van der Waals surface area contributed by atoms with E-state index in [9.17, 15) is 14.4 Å². The monoisotopic (exact) mass is 400 g/mol. The first-order valence-corrected chi connectivity index (χ1v) is 10.8. The number of amides is 3. The maximum atomic E-state index is 12.5. The lowest BCUT2D eigenvalue weighted by molar-refractivity contribution is -0.136. The lowest BCUT2D eigenvalue weighted by Crippen LogP contribution is -2.47. The summed E-state index contributed by atoms with van der Waals surface area (Å²) >= 11 is 0. The first-order valence-electron chi connectivity index (χ1n) is 10.8. The number of nitrogens with one attached hydrogen (secondary N) is 2. The number of hydrogen-bond acceptors (Lipinski definition) is 4. The van der Waals surface area contributed by atoms with E-state index in [2.05, 4.69) is 15.6 Å². The molecular formula is C22H32N4O3. The molecule has 0 bridgehead atoms. The highest BCUT2D eigenvalue weighted by molar-refractivity contribution is 5.92. The van der Waals surface area contributed by atoms with Crippen LogP contribution in [0.3, 0.4) is 0 Å². The predicted molar refractivity (Wildman–Crippen MR) is 111 cm³/mol. The summed E-state index contributed by atoms with van der Waals surface area (Å²) in [4.78, 5) is 43.1. The Morgan fingerprint density at radius 2 is 1.90 bits per heavy atom. The molecule has 7 nitrogen and oxygen atoms in total. The van der Waals surface area contributed by atoms with Crippen molar-refractivity contribution in [3.8, 4) is 0 Å². The summed E-state index contributed by atoms with van der Waals surface area (Å²) < 4.78 is 0. The van der Waals surface area contributed by atoms with Crippen molar-refractivity contribution in [2.24, 2.45) is 11.8 Å².